The molecule has 2 aromatic rings. The highest BCUT2D eigenvalue weighted by molar-refractivity contribution is 7.89. The van der Waals surface area contributed by atoms with Crippen LogP contribution in [-0.2, 0) is 27.8 Å². The predicted octanol–water partition coefficient (Wildman–Crippen LogP) is 3.54. The van der Waals surface area contributed by atoms with Crippen molar-refractivity contribution in [3.63, 3.8) is 0 Å². The van der Waals surface area contributed by atoms with Crippen LogP contribution in [-0.4, -0.2) is 50.0 Å². The Morgan fingerprint density at radius 1 is 0.917 bits per heavy atom. The molecule has 0 aliphatic heterocycles. The van der Waals surface area contributed by atoms with E-state index in [1.807, 2.05) is 6.07 Å². The second-order valence-electron chi connectivity index (χ2n) is 9.15. The number of nitrogens with one attached hydrogen (secondary N) is 1. The number of hydrogen-bond acceptors (Lipinski definition) is 7. The van der Waals surface area contributed by atoms with Gasteiger partial charge < -0.3 is 25.4 Å². The maximum atomic E-state index is 11.4. The molecular formula is C27H42N2O6S. The number of aryl methyl sites for hydroxylation is 1. The third-order valence-corrected chi connectivity index (χ3v) is 7.03. The predicted molar refractivity (Wildman–Crippen MR) is 141 cm³/mol. The zero-order chi connectivity index (χ0) is 26.2. The second-order valence-corrected chi connectivity index (χ2v) is 10.7. The Balaban J connectivity index is 1.39. The van der Waals surface area contributed by atoms with Crippen molar-refractivity contribution in [3.8, 4) is 5.75 Å². The standard InChI is InChI=1S/C27H42N2O6S/c28-36(33,34)25-12-9-11-22(18-25)10-5-1-3-7-16-35-17-8-4-2-6-15-29-20-27(32)23-13-14-26(31)24(19-23)21-30/h9,11-14,18-19,27,29-32H,1-8,10,15-17,20-21H2,(H2,28,33,34)/t27-/m0/s1. The molecule has 1 atom stereocenters. The van der Waals surface area contributed by atoms with Gasteiger partial charge in [-0.1, -0.05) is 43.9 Å². The van der Waals surface area contributed by atoms with E-state index < -0.39 is 16.1 Å². The topological polar surface area (TPSA) is 142 Å². The minimum atomic E-state index is -3.64. The van der Waals surface area contributed by atoms with Gasteiger partial charge in [0, 0.05) is 25.3 Å². The van der Waals surface area contributed by atoms with Gasteiger partial charge in [0.2, 0.25) is 10.0 Å². The van der Waals surface area contributed by atoms with Crippen LogP contribution in [0, 0.1) is 0 Å². The average Bonchev–Trinajstić information content (AvgIpc) is 2.86. The smallest absolute Gasteiger partial charge is 0.238 e. The van der Waals surface area contributed by atoms with Crippen molar-refractivity contribution in [3.05, 3.63) is 59.2 Å². The lowest BCUT2D eigenvalue weighted by Gasteiger charge is -2.14. The highest BCUT2D eigenvalue weighted by atomic mass is 32.2. The second kappa shape index (κ2) is 16.7. The number of aliphatic hydroxyl groups is 2. The third-order valence-electron chi connectivity index (χ3n) is 6.12. The van der Waals surface area contributed by atoms with Crippen molar-refractivity contribution in [1.29, 1.82) is 0 Å². The Morgan fingerprint density at radius 2 is 1.61 bits per heavy atom. The number of benzene rings is 2. The lowest BCUT2D eigenvalue weighted by molar-refractivity contribution is 0.125. The molecule has 0 unspecified atom stereocenters. The highest BCUT2D eigenvalue weighted by Gasteiger charge is 2.10. The Labute approximate surface area is 215 Å². The van der Waals surface area contributed by atoms with E-state index in [9.17, 15) is 23.7 Å². The first-order valence-corrected chi connectivity index (χ1v) is 14.4. The molecule has 0 saturated heterocycles. The number of ether oxygens (including phenoxy) is 1. The maximum absolute atomic E-state index is 11.4. The molecular weight excluding hydrogens is 480 g/mol. The number of aliphatic hydroxyl groups excluding tert-OH is 2. The first-order valence-electron chi connectivity index (χ1n) is 12.8. The molecule has 9 heteroatoms. The third kappa shape index (κ3) is 11.8. The van der Waals surface area contributed by atoms with Gasteiger partial charge in [-0.3, -0.25) is 0 Å². The molecule has 0 amide bonds. The number of nitrogens with two attached hydrogens (primary N) is 1. The lowest BCUT2D eigenvalue weighted by Crippen LogP contribution is -2.22. The summed E-state index contributed by atoms with van der Waals surface area (Å²) >= 11 is 0. The number of unbranched alkanes of at least 4 members (excludes halogenated alkanes) is 6. The number of aromatic hydroxyl groups is 1. The van der Waals surface area contributed by atoms with Crippen molar-refractivity contribution in [2.75, 3.05) is 26.3 Å². The van der Waals surface area contributed by atoms with Crippen molar-refractivity contribution >= 4 is 10.0 Å². The van der Waals surface area contributed by atoms with E-state index in [0.717, 1.165) is 83.1 Å². The maximum Gasteiger partial charge on any atom is 0.238 e. The highest BCUT2D eigenvalue weighted by Crippen LogP contribution is 2.22. The number of hydrogen-bond donors (Lipinski definition) is 5. The number of rotatable bonds is 19. The van der Waals surface area contributed by atoms with Crippen LogP contribution < -0.4 is 10.5 Å². The van der Waals surface area contributed by atoms with Crippen molar-refractivity contribution in [2.24, 2.45) is 5.14 Å². The molecule has 0 bridgehead atoms. The summed E-state index contributed by atoms with van der Waals surface area (Å²) < 4.78 is 28.6. The summed E-state index contributed by atoms with van der Waals surface area (Å²) in [6.45, 7) is 2.55. The molecule has 0 fully saturated rings. The van der Waals surface area contributed by atoms with Gasteiger partial charge in [0.15, 0.2) is 0 Å². The SMILES string of the molecule is NS(=O)(=O)c1cccc(CCCCCCOCCCCCCNC[C@H](O)c2ccc(O)c(CO)c2)c1. The summed E-state index contributed by atoms with van der Waals surface area (Å²) in [5.74, 6) is 0.0360. The number of phenols is 1. The van der Waals surface area contributed by atoms with Crippen LogP contribution in [0.25, 0.3) is 0 Å². The summed E-state index contributed by atoms with van der Waals surface area (Å²) in [4.78, 5) is 0.173. The van der Waals surface area contributed by atoms with E-state index >= 15 is 0 Å². The van der Waals surface area contributed by atoms with Crippen molar-refractivity contribution < 1.29 is 28.5 Å². The van der Waals surface area contributed by atoms with Gasteiger partial charge in [-0.05, 0) is 74.0 Å². The van der Waals surface area contributed by atoms with Crippen LogP contribution in [0.5, 0.6) is 5.75 Å². The van der Waals surface area contributed by atoms with Crippen LogP contribution in [0.4, 0.5) is 0 Å². The van der Waals surface area contributed by atoms with Gasteiger partial charge in [-0.2, -0.15) is 0 Å². The molecule has 0 heterocycles. The molecule has 36 heavy (non-hydrogen) atoms. The van der Waals surface area contributed by atoms with E-state index in [0.29, 0.717) is 17.7 Å². The van der Waals surface area contributed by atoms with E-state index in [2.05, 4.69) is 5.32 Å². The molecule has 8 nitrogen and oxygen atoms in total. The minimum Gasteiger partial charge on any atom is -0.508 e. The van der Waals surface area contributed by atoms with Gasteiger partial charge in [0.05, 0.1) is 17.6 Å². The van der Waals surface area contributed by atoms with Gasteiger partial charge in [-0.25, -0.2) is 13.6 Å². The molecule has 0 spiro atoms. The van der Waals surface area contributed by atoms with Crippen LogP contribution in [0.15, 0.2) is 47.4 Å². The largest absolute Gasteiger partial charge is 0.508 e. The fourth-order valence-electron chi connectivity index (χ4n) is 3.97. The number of sulfonamides is 1. The lowest BCUT2D eigenvalue weighted by atomic mass is 10.1. The van der Waals surface area contributed by atoms with Gasteiger partial charge in [0.1, 0.15) is 5.75 Å². The molecule has 0 saturated carbocycles. The number of primary sulfonamides is 1. The molecule has 0 radical (unpaired) electrons. The van der Waals surface area contributed by atoms with E-state index in [-0.39, 0.29) is 17.3 Å². The zero-order valence-corrected chi connectivity index (χ0v) is 21.9. The van der Waals surface area contributed by atoms with Crippen LogP contribution >= 0.6 is 0 Å². The van der Waals surface area contributed by atoms with Gasteiger partial charge >= 0.3 is 0 Å². The zero-order valence-electron chi connectivity index (χ0n) is 21.1. The minimum absolute atomic E-state index is 0.0360. The quantitative estimate of drug-likeness (QED) is 0.178. The van der Waals surface area contributed by atoms with Gasteiger partial charge in [0.25, 0.3) is 0 Å². The summed E-state index contributed by atoms with van der Waals surface area (Å²) in [5, 5.41) is 37.5. The molecule has 202 valence electrons. The van der Waals surface area contributed by atoms with E-state index in [4.69, 9.17) is 9.88 Å². The Hall–Kier alpha value is -2.01. The summed E-state index contributed by atoms with van der Waals surface area (Å²) in [6, 6.07) is 11.6. The molecule has 0 aliphatic rings. The normalized spacial score (nSPS) is 12.6. The van der Waals surface area contributed by atoms with Crippen LogP contribution in [0.3, 0.4) is 0 Å². The summed E-state index contributed by atoms with van der Waals surface area (Å²) in [7, 11) is -3.64. The van der Waals surface area contributed by atoms with Crippen LogP contribution in [0.2, 0.25) is 0 Å². The van der Waals surface area contributed by atoms with Crippen molar-refractivity contribution in [1.82, 2.24) is 5.32 Å². The molecule has 6 N–H and O–H groups in total. The van der Waals surface area contributed by atoms with Gasteiger partial charge in [-0.15, -0.1) is 0 Å². The summed E-state index contributed by atoms with van der Waals surface area (Å²) in [6.07, 6.45) is 8.68. The average molecular weight is 523 g/mol. The molecule has 0 aliphatic carbocycles. The summed E-state index contributed by atoms with van der Waals surface area (Å²) in [5.41, 5.74) is 2.09. The molecule has 2 aromatic carbocycles. The van der Waals surface area contributed by atoms with E-state index in [1.54, 1.807) is 24.3 Å². The Bertz CT molecular complexity index is 1000. The van der Waals surface area contributed by atoms with E-state index in [1.165, 1.54) is 12.1 Å². The van der Waals surface area contributed by atoms with Crippen LogP contribution in [0.1, 0.15) is 74.2 Å². The fourth-order valence-corrected chi connectivity index (χ4v) is 4.55. The Kier molecular flexibility index (Phi) is 14.0. The molecule has 2 rings (SSSR count). The molecule has 0 aromatic heterocycles. The fraction of sp³-hybridized carbons (Fsp3) is 0.556. The van der Waals surface area contributed by atoms with Crippen molar-refractivity contribution in [2.45, 2.75) is 75.4 Å². The monoisotopic (exact) mass is 522 g/mol. The first kappa shape index (κ1) is 30.2. The first-order chi connectivity index (χ1) is 17.3. The Morgan fingerprint density at radius 3 is 2.31 bits per heavy atom.